The van der Waals surface area contributed by atoms with Crippen LogP contribution in [0.25, 0.3) is 0 Å². The van der Waals surface area contributed by atoms with Gasteiger partial charge in [0, 0.05) is 24.8 Å². The van der Waals surface area contributed by atoms with Crippen molar-refractivity contribution in [1.82, 2.24) is 9.78 Å². The second kappa shape index (κ2) is 5.05. The van der Waals surface area contributed by atoms with Gasteiger partial charge in [-0.2, -0.15) is 5.10 Å². The van der Waals surface area contributed by atoms with Crippen LogP contribution < -0.4 is 10.5 Å². The molecule has 1 aromatic carbocycles. The summed E-state index contributed by atoms with van der Waals surface area (Å²) in [5.74, 6) is 0.889. The third-order valence-electron chi connectivity index (χ3n) is 3.64. The van der Waals surface area contributed by atoms with Gasteiger partial charge in [0.1, 0.15) is 12.4 Å². The molecule has 4 heteroatoms. The topological polar surface area (TPSA) is 53.1 Å². The molecule has 0 aliphatic heterocycles. The highest BCUT2D eigenvalue weighted by Crippen LogP contribution is 2.31. The van der Waals surface area contributed by atoms with Crippen LogP contribution >= 0.6 is 0 Å². The van der Waals surface area contributed by atoms with Gasteiger partial charge in [0.05, 0.1) is 6.20 Å². The lowest BCUT2D eigenvalue weighted by Crippen LogP contribution is -2.17. The molecule has 1 aliphatic carbocycles. The first kappa shape index (κ1) is 12.2. The van der Waals surface area contributed by atoms with Crippen molar-refractivity contribution in [1.29, 1.82) is 0 Å². The van der Waals surface area contributed by atoms with Crippen LogP contribution in [0.1, 0.15) is 35.6 Å². The van der Waals surface area contributed by atoms with Crippen molar-refractivity contribution in [2.45, 2.75) is 31.9 Å². The van der Waals surface area contributed by atoms with E-state index in [9.17, 15) is 0 Å². The zero-order chi connectivity index (χ0) is 13.2. The van der Waals surface area contributed by atoms with Crippen LogP contribution in [0.5, 0.6) is 5.75 Å². The van der Waals surface area contributed by atoms with Gasteiger partial charge in [0.15, 0.2) is 0 Å². The van der Waals surface area contributed by atoms with Gasteiger partial charge in [-0.25, -0.2) is 0 Å². The summed E-state index contributed by atoms with van der Waals surface area (Å²) in [5.41, 5.74) is 9.84. The second-order valence-electron chi connectivity index (χ2n) is 5.17. The average Bonchev–Trinajstić information content (AvgIpc) is 2.83. The molecule has 1 atom stereocenters. The average molecular weight is 257 g/mol. The first-order valence-corrected chi connectivity index (χ1v) is 6.71. The largest absolute Gasteiger partial charge is 0.489 e. The van der Waals surface area contributed by atoms with E-state index in [1.165, 1.54) is 17.5 Å². The fourth-order valence-corrected chi connectivity index (χ4v) is 2.62. The number of aromatic nitrogens is 2. The van der Waals surface area contributed by atoms with E-state index in [2.05, 4.69) is 17.2 Å². The van der Waals surface area contributed by atoms with E-state index >= 15 is 0 Å². The molecule has 1 aliphatic rings. The Morgan fingerprint density at radius 2 is 2.37 bits per heavy atom. The molecule has 3 rings (SSSR count). The van der Waals surface area contributed by atoms with Crippen LogP contribution in [0.4, 0.5) is 0 Å². The van der Waals surface area contributed by atoms with Gasteiger partial charge >= 0.3 is 0 Å². The minimum atomic E-state index is 0.158. The molecule has 0 amide bonds. The molecule has 0 saturated heterocycles. The Kier molecular flexibility index (Phi) is 3.25. The van der Waals surface area contributed by atoms with Crippen LogP contribution in [0, 0.1) is 0 Å². The fraction of sp³-hybridized carbons (Fsp3) is 0.400. The lowest BCUT2D eigenvalue weighted by molar-refractivity contribution is 0.305. The zero-order valence-electron chi connectivity index (χ0n) is 11.2. The molecule has 1 aromatic heterocycles. The number of rotatable bonds is 3. The molecule has 19 heavy (non-hydrogen) atoms. The predicted molar refractivity (Wildman–Crippen MR) is 73.8 cm³/mol. The van der Waals surface area contributed by atoms with Crippen molar-refractivity contribution >= 4 is 0 Å². The maximum atomic E-state index is 6.16. The van der Waals surface area contributed by atoms with E-state index in [1.54, 1.807) is 4.68 Å². The van der Waals surface area contributed by atoms with E-state index in [0.29, 0.717) is 6.61 Å². The first-order valence-electron chi connectivity index (χ1n) is 6.71. The fourth-order valence-electron chi connectivity index (χ4n) is 2.62. The Morgan fingerprint density at radius 1 is 1.47 bits per heavy atom. The molecule has 0 unspecified atom stereocenters. The number of ether oxygens (including phenoxy) is 1. The van der Waals surface area contributed by atoms with Crippen LogP contribution in [-0.4, -0.2) is 9.78 Å². The van der Waals surface area contributed by atoms with Crippen molar-refractivity contribution in [3.05, 3.63) is 47.3 Å². The van der Waals surface area contributed by atoms with Gasteiger partial charge in [-0.15, -0.1) is 0 Å². The molecule has 4 nitrogen and oxygen atoms in total. The number of nitrogens with zero attached hydrogens (tertiary/aromatic N) is 2. The highest BCUT2D eigenvalue weighted by Gasteiger charge is 2.17. The van der Waals surface area contributed by atoms with E-state index in [1.807, 2.05) is 25.5 Å². The summed E-state index contributed by atoms with van der Waals surface area (Å²) in [6.45, 7) is 0.544. The van der Waals surface area contributed by atoms with Crippen LogP contribution in [-0.2, 0) is 20.1 Å². The monoisotopic (exact) mass is 257 g/mol. The highest BCUT2D eigenvalue weighted by molar-refractivity contribution is 5.39. The van der Waals surface area contributed by atoms with Gasteiger partial charge in [-0.3, -0.25) is 4.68 Å². The molecule has 0 radical (unpaired) electrons. The Bertz CT molecular complexity index is 577. The van der Waals surface area contributed by atoms with Crippen LogP contribution in [0.2, 0.25) is 0 Å². The lowest BCUT2D eigenvalue weighted by atomic mass is 9.88. The highest BCUT2D eigenvalue weighted by atomic mass is 16.5. The quantitative estimate of drug-likeness (QED) is 0.918. The summed E-state index contributed by atoms with van der Waals surface area (Å²) >= 11 is 0. The standard InChI is InChI=1S/C15H19N3O/c1-18-9-11(8-17-18)10-19-13-6-5-12-3-2-4-15(16)14(12)7-13/h5-9,15H,2-4,10,16H2,1H3/t15-/m0/s1. The minimum absolute atomic E-state index is 0.158. The summed E-state index contributed by atoms with van der Waals surface area (Å²) in [4.78, 5) is 0. The van der Waals surface area contributed by atoms with Gasteiger partial charge in [-0.05, 0) is 42.5 Å². The summed E-state index contributed by atoms with van der Waals surface area (Å²) in [6.07, 6.45) is 7.17. The van der Waals surface area contributed by atoms with Gasteiger partial charge in [0.25, 0.3) is 0 Å². The van der Waals surface area contributed by atoms with Crippen LogP contribution in [0.15, 0.2) is 30.6 Å². The van der Waals surface area contributed by atoms with E-state index in [-0.39, 0.29) is 6.04 Å². The molecule has 0 saturated carbocycles. The third kappa shape index (κ3) is 2.63. The molecule has 0 bridgehead atoms. The summed E-state index contributed by atoms with van der Waals surface area (Å²) < 4.78 is 7.59. The SMILES string of the molecule is Cn1cc(COc2ccc3c(c2)[C@@H](N)CCC3)cn1. The molecular formula is C15H19N3O. The lowest BCUT2D eigenvalue weighted by Gasteiger charge is -2.22. The van der Waals surface area contributed by atoms with Crippen molar-refractivity contribution < 1.29 is 4.74 Å². The summed E-state index contributed by atoms with van der Waals surface area (Å²) in [6, 6.07) is 6.43. The number of hydrogen-bond donors (Lipinski definition) is 1. The molecule has 2 N–H and O–H groups in total. The Morgan fingerprint density at radius 3 is 3.16 bits per heavy atom. The van der Waals surface area contributed by atoms with E-state index < -0.39 is 0 Å². The Labute approximate surface area is 113 Å². The first-order chi connectivity index (χ1) is 9.22. The molecule has 100 valence electrons. The Hall–Kier alpha value is -1.81. The van der Waals surface area contributed by atoms with Gasteiger partial charge in [0.2, 0.25) is 0 Å². The normalized spacial score (nSPS) is 18.1. The van der Waals surface area contributed by atoms with Crippen molar-refractivity contribution in [3.63, 3.8) is 0 Å². The van der Waals surface area contributed by atoms with Gasteiger partial charge in [-0.1, -0.05) is 6.07 Å². The maximum absolute atomic E-state index is 6.16. The van der Waals surface area contributed by atoms with Crippen molar-refractivity contribution in [3.8, 4) is 5.75 Å². The summed E-state index contributed by atoms with van der Waals surface area (Å²) in [7, 11) is 1.90. The van der Waals surface area contributed by atoms with Crippen molar-refractivity contribution in [2.75, 3.05) is 0 Å². The number of nitrogens with two attached hydrogens (primary N) is 1. The molecule has 0 spiro atoms. The molecule has 1 heterocycles. The number of fused-ring (bicyclic) bond motifs is 1. The molecular weight excluding hydrogens is 238 g/mol. The van der Waals surface area contributed by atoms with Crippen molar-refractivity contribution in [2.24, 2.45) is 12.8 Å². The van der Waals surface area contributed by atoms with Gasteiger partial charge < -0.3 is 10.5 Å². The predicted octanol–water partition coefficient (Wildman–Crippen LogP) is 2.34. The second-order valence-corrected chi connectivity index (χ2v) is 5.17. The number of hydrogen-bond acceptors (Lipinski definition) is 3. The zero-order valence-corrected chi connectivity index (χ0v) is 11.2. The van der Waals surface area contributed by atoms with E-state index in [0.717, 1.165) is 24.2 Å². The third-order valence-corrected chi connectivity index (χ3v) is 3.64. The number of benzene rings is 1. The smallest absolute Gasteiger partial charge is 0.120 e. The minimum Gasteiger partial charge on any atom is -0.489 e. The summed E-state index contributed by atoms with van der Waals surface area (Å²) in [5, 5.41) is 4.13. The number of aryl methyl sites for hydroxylation is 2. The molecule has 2 aromatic rings. The maximum Gasteiger partial charge on any atom is 0.120 e. The Balaban J connectivity index is 1.73. The molecule has 0 fully saturated rings. The van der Waals surface area contributed by atoms with Crippen LogP contribution in [0.3, 0.4) is 0 Å². The van der Waals surface area contributed by atoms with E-state index in [4.69, 9.17) is 10.5 Å².